The van der Waals surface area contributed by atoms with Crippen LogP contribution in [0.5, 0.6) is 5.75 Å². The Morgan fingerprint density at radius 2 is 2.17 bits per heavy atom. The molecule has 1 unspecified atom stereocenters. The molecule has 0 radical (unpaired) electrons. The molecule has 126 valence electrons. The molecule has 0 bridgehead atoms. The van der Waals surface area contributed by atoms with Gasteiger partial charge in [-0.05, 0) is 24.6 Å². The first-order valence-corrected chi connectivity index (χ1v) is 8.26. The first-order valence-electron chi connectivity index (χ1n) is 7.28. The van der Waals surface area contributed by atoms with E-state index >= 15 is 0 Å². The largest absolute Gasteiger partial charge is 0.497 e. The Hall–Kier alpha value is -1.73. The fraction of sp³-hybridized carbons (Fsp3) is 0.500. The Kier molecular flexibility index (Phi) is 5.90. The van der Waals surface area contributed by atoms with E-state index in [0.29, 0.717) is 13.0 Å². The lowest BCUT2D eigenvalue weighted by Gasteiger charge is -2.23. The molecule has 0 aliphatic carbocycles. The summed E-state index contributed by atoms with van der Waals surface area (Å²) in [6, 6.07) is 7.50. The van der Waals surface area contributed by atoms with Crippen molar-refractivity contribution in [3.8, 4) is 5.75 Å². The monoisotopic (exact) mass is 339 g/mol. The van der Waals surface area contributed by atoms with Gasteiger partial charge < -0.3 is 19.5 Å². The Labute approximate surface area is 139 Å². The van der Waals surface area contributed by atoms with Crippen LogP contribution >= 0.6 is 11.8 Å². The number of hydrogen-bond donors (Lipinski definition) is 1. The average molecular weight is 339 g/mol. The molecular formula is C16H21NO5S. The molecule has 1 atom stereocenters. The predicted molar refractivity (Wildman–Crippen MR) is 86.9 cm³/mol. The highest BCUT2D eigenvalue weighted by Crippen LogP contribution is 2.32. The zero-order valence-electron chi connectivity index (χ0n) is 13.3. The molecule has 0 spiro atoms. The van der Waals surface area contributed by atoms with Gasteiger partial charge in [0, 0.05) is 25.1 Å². The fourth-order valence-corrected chi connectivity index (χ4v) is 3.49. The third-order valence-corrected chi connectivity index (χ3v) is 4.96. The number of thioether (sulfide) groups is 1. The summed E-state index contributed by atoms with van der Waals surface area (Å²) in [5.74, 6) is 0.0521. The van der Waals surface area contributed by atoms with Gasteiger partial charge in [-0.2, -0.15) is 0 Å². The Balaban J connectivity index is 1.92. The highest BCUT2D eigenvalue weighted by molar-refractivity contribution is 8.00. The van der Waals surface area contributed by atoms with Crippen molar-refractivity contribution in [3.63, 3.8) is 0 Å². The molecule has 1 heterocycles. The smallest absolute Gasteiger partial charge is 0.313 e. The number of carboxylic acid groups (broad SMARTS) is 1. The van der Waals surface area contributed by atoms with Gasteiger partial charge in [0.1, 0.15) is 11.2 Å². The fourth-order valence-electron chi connectivity index (χ4n) is 2.64. The van der Waals surface area contributed by atoms with E-state index in [1.54, 1.807) is 12.0 Å². The quantitative estimate of drug-likeness (QED) is 0.763. The Bertz CT molecular complexity index is 579. The van der Waals surface area contributed by atoms with Crippen LogP contribution in [0.3, 0.4) is 0 Å². The van der Waals surface area contributed by atoms with Crippen molar-refractivity contribution in [3.05, 3.63) is 24.3 Å². The van der Waals surface area contributed by atoms with Crippen LogP contribution in [-0.2, 0) is 14.3 Å². The van der Waals surface area contributed by atoms with Gasteiger partial charge in [-0.15, -0.1) is 11.8 Å². The summed E-state index contributed by atoms with van der Waals surface area (Å²) in [5.41, 5.74) is -0.981. The van der Waals surface area contributed by atoms with Gasteiger partial charge in [-0.25, -0.2) is 0 Å². The van der Waals surface area contributed by atoms with Crippen LogP contribution in [-0.4, -0.2) is 61.6 Å². The van der Waals surface area contributed by atoms with Crippen LogP contribution in [0.25, 0.3) is 0 Å². The molecule has 1 aliphatic heterocycles. The van der Waals surface area contributed by atoms with E-state index in [4.69, 9.17) is 9.47 Å². The summed E-state index contributed by atoms with van der Waals surface area (Å²) in [6.45, 7) is 0.774. The lowest BCUT2D eigenvalue weighted by atomic mass is 9.88. The van der Waals surface area contributed by atoms with Crippen LogP contribution in [0.1, 0.15) is 6.42 Å². The molecule has 1 aliphatic rings. The molecule has 1 fully saturated rings. The molecule has 1 N–H and O–H groups in total. The summed E-state index contributed by atoms with van der Waals surface area (Å²) >= 11 is 1.42. The number of carbonyl (C=O) groups is 2. The topological polar surface area (TPSA) is 76.1 Å². The second-order valence-corrected chi connectivity index (χ2v) is 6.60. The highest BCUT2D eigenvalue weighted by atomic mass is 32.2. The summed E-state index contributed by atoms with van der Waals surface area (Å²) in [7, 11) is 3.08. The summed E-state index contributed by atoms with van der Waals surface area (Å²) < 4.78 is 10.2. The van der Waals surface area contributed by atoms with E-state index in [9.17, 15) is 14.7 Å². The van der Waals surface area contributed by atoms with Crippen molar-refractivity contribution in [2.24, 2.45) is 5.41 Å². The van der Waals surface area contributed by atoms with Crippen molar-refractivity contribution in [1.29, 1.82) is 0 Å². The number of methoxy groups -OCH3 is 2. The van der Waals surface area contributed by atoms with Crippen molar-refractivity contribution >= 4 is 23.6 Å². The van der Waals surface area contributed by atoms with E-state index in [1.165, 1.54) is 18.9 Å². The number of amides is 1. The maximum Gasteiger partial charge on any atom is 0.313 e. The number of carbonyl (C=O) groups excluding carboxylic acids is 1. The van der Waals surface area contributed by atoms with Crippen molar-refractivity contribution < 1.29 is 24.2 Å². The maximum absolute atomic E-state index is 12.3. The van der Waals surface area contributed by atoms with Crippen LogP contribution in [0.4, 0.5) is 0 Å². The van der Waals surface area contributed by atoms with Gasteiger partial charge in [0.05, 0.1) is 19.5 Å². The SMILES string of the molecule is COCC1(C(=O)O)CCN(C(=O)CSc2cccc(OC)c2)C1. The summed E-state index contributed by atoms with van der Waals surface area (Å²) in [4.78, 5) is 26.4. The Morgan fingerprint density at radius 1 is 1.39 bits per heavy atom. The van der Waals surface area contributed by atoms with Crippen LogP contribution < -0.4 is 4.74 Å². The van der Waals surface area contributed by atoms with Gasteiger partial charge in [-0.1, -0.05) is 6.07 Å². The number of nitrogens with zero attached hydrogens (tertiary/aromatic N) is 1. The highest BCUT2D eigenvalue weighted by Gasteiger charge is 2.46. The first kappa shape index (κ1) is 17.6. The predicted octanol–water partition coefficient (Wildman–Crippen LogP) is 1.74. The third kappa shape index (κ3) is 4.17. The Morgan fingerprint density at radius 3 is 2.83 bits per heavy atom. The number of aliphatic carboxylic acids is 1. The summed E-state index contributed by atoms with van der Waals surface area (Å²) in [5, 5.41) is 9.42. The van der Waals surface area contributed by atoms with Gasteiger partial charge in [0.2, 0.25) is 5.91 Å². The standard InChI is InChI=1S/C16H21NO5S/c1-21-11-16(15(19)20)6-7-17(10-16)14(18)9-23-13-5-3-4-12(8-13)22-2/h3-5,8H,6-7,9-11H2,1-2H3,(H,19,20). The lowest BCUT2D eigenvalue weighted by Crippen LogP contribution is -2.40. The van der Waals surface area contributed by atoms with Crippen molar-refractivity contribution in [2.75, 3.05) is 39.7 Å². The molecule has 0 saturated carbocycles. The van der Waals surface area contributed by atoms with Gasteiger partial charge in [0.15, 0.2) is 0 Å². The summed E-state index contributed by atoms with van der Waals surface area (Å²) in [6.07, 6.45) is 0.422. The second kappa shape index (κ2) is 7.70. The van der Waals surface area contributed by atoms with E-state index in [-0.39, 0.29) is 24.8 Å². The first-order chi connectivity index (χ1) is 11.0. The number of carboxylic acids is 1. The molecule has 1 aromatic rings. The average Bonchev–Trinajstić information content (AvgIpc) is 2.99. The molecule has 2 rings (SSSR count). The normalized spacial score (nSPS) is 20.5. The van der Waals surface area contributed by atoms with E-state index in [0.717, 1.165) is 10.6 Å². The second-order valence-electron chi connectivity index (χ2n) is 5.55. The zero-order valence-corrected chi connectivity index (χ0v) is 14.1. The number of likely N-dealkylation sites (tertiary alicyclic amines) is 1. The molecule has 1 aromatic carbocycles. The van der Waals surface area contributed by atoms with Crippen LogP contribution in [0.2, 0.25) is 0 Å². The minimum Gasteiger partial charge on any atom is -0.497 e. The molecule has 1 saturated heterocycles. The van der Waals surface area contributed by atoms with E-state index in [2.05, 4.69) is 0 Å². The molecule has 1 amide bonds. The lowest BCUT2D eigenvalue weighted by molar-refractivity contribution is -0.151. The molecule has 23 heavy (non-hydrogen) atoms. The minimum absolute atomic E-state index is 0.0583. The van der Waals surface area contributed by atoms with Crippen LogP contribution in [0, 0.1) is 5.41 Å². The van der Waals surface area contributed by atoms with Gasteiger partial charge in [-0.3, -0.25) is 9.59 Å². The third-order valence-electron chi connectivity index (χ3n) is 3.98. The van der Waals surface area contributed by atoms with E-state index in [1.807, 2.05) is 24.3 Å². The molecule has 7 heteroatoms. The molecule has 6 nitrogen and oxygen atoms in total. The van der Waals surface area contributed by atoms with Crippen molar-refractivity contribution in [2.45, 2.75) is 11.3 Å². The number of benzene rings is 1. The minimum atomic E-state index is -0.981. The molecule has 0 aromatic heterocycles. The maximum atomic E-state index is 12.3. The van der Waals surface area contributed by atoms with Crippen LogP contribution in [0.15, 0.2) is 29.2 Å². The number of rotatable bonds is 7. The van der Waals surface area contributed by atoms with E-state index < -0.39 is 11.4 Å². The van der Waals surface area contributed by atoms with Gasteiger partial charge >= 0.3 is 5.97 Å². The van der Waals surface area contributed by atoms with Gasteiger partial charge in [0.25, 0.3) is 0 Å². The number of ether oxygens (including phenoxy) is 2. The zero-order chi connectivity index (χ0) is 16.9. The van der Waals surface area contributed by atoms with Crippen molar-refractivity contribution in [1.82, 2.24) is 4.90 Å². The number of hydrogen-bond acceptors (Lipinski definition) is 5. The molecular weight excluding hydrogens is 318 g/mol.